The summed E-state index contributed by atoms with van der Waals surface area (Å²) in [4.78, 5) is 0. The molecule has 0 atom stereocenters. The Morgan fingerprint density at radius 3 is 1.82 bits per heavy atom. The van der Waals surface area contributed by atoms with Gasteiger partial charge in [-0.25, -0.2) is 0 Å². The van der Waals surface area contributed by atoms with Crippen LogP contribution in [0, 0.1) is 0 Å². The van der Waals surface area contributed by atoms with Crippen molar-refractivity contribution in [1.29, 1.82) is 0 Å². The molecule has 0 saturated carbocycles. The molecule has 0 spiro atoms. The van der Waals surface area contributed by atoms with E-state index in [9.17, 15) is 0 Å². The molecule has 0 rings (SSSR count). The van der Waals surface area contributed by atoms with E-state index in [-0.39, 0.29) is 0 Å². The maximum Gasteiger partial charge on any atom is 0.293 e. The highest BCUT2D eigenvalue weighted by Gasteiger charge is 2.11. The van der Waals surface area contributed by atoms with Gasteiger partial charge < -0.3 is 4.65 Å². The summed E-state index contributed by atoms with van der Waals surface area (Å²) < 4.78 is 5.67. The molecular formula is C9H21BO. The van der Waals surface area contributed by atoms with Gasteiger partial charge in [-0.3, -0.25) is 0 Å². The Bertz CT molecular complexity index is 70.0. The zero-order valence-corrected chi connectivity index (χ0v) is 8.23. The van der Waals surface area contributed by atoms with Crippen LogP contribution in [0.5, 0.6) is 0 Å². The van der Waals surface area contributed by atoms with E-state index in [1.807, 2.05) is 0 Å². The zero-order valence-electron chi connectivity index (χ0n) is 8.23. The molecule has 0 aromatic heterocycles. The van der Waals surface area contributed by atoms with Gasteiger partial charge >= 0.3 is 0 Å². The van der Waals surface area contributed by atoms with Crippen molar-refractivity contribution in [2.75, 3.05) is 6.61 Å². The topological polar surface area (TPSA) is 9.23 Å². The maximum absolute atomic E-state index is 5.67. The molecule has 1 nitrogen and oxygen atoms in total. The molecule has 11 heavy (non-hydrogen) atoms. The number of hydrogen-bond donors (Lipinski definition) is 0. The van der Waals surface area contributed by atoms with Crippen LogP contribution >= 0.6 is 0 Å². The van der Waals surface area contributed by atoms with E-state index < -0.39 is 0 Å². The SMILES string of the molecule is CCCOB(CCC)CCC. The molecule has 0 aliphatic heterocycles. The lowest BCUT2D eigenvalue weighted by Gasteiger charge is -2.11. The summed E-state index contributed by atoms with van der Waals surface area (Å²) >= 11 is 0. The van der Waals surface area contributed by atoms with E-state index in [1.54, 1.807) is 0 Å². The average Bonchev–Trinajstić information content (AvgIpc) is 2.01. The molecule has 66 valence electrons. The van der Waals surface area contributed by atoms with Crippen molar-refractivity contribution in [3.63, 3.8) is 0 Å². The Balaban J connectivity index is 3.34. The number of rotatable bonds is 7. The fourth-order valence-corrected chi connectivity index (χ4v) is 1.24. The largest absolute Gasteiger partial charge is 0.436 e. The van der Waals surface area contributed by atoms with Crippen molar-refractivity contribution in [1.82, 2.24) is 0 Å². The van der Waals surface area contributed by atoms with Crippen molar-refractivity contribution in [3.05, 3.63) is 0 Å². The Morgan fingerprint density at radius 2 is 1.45 bits per heavy atom. The van der Waals surface area contributed by atoms with E-state index in [0.717, 1.165) is 13.0 Å². The first kappa shape index (κ1) is 11.0. The Morgan fingerprint density at radius 1 is 0.909 bits per heavy atom. The van der Waals surface area contributed by atoms with E-state index in [4.69, 9.17) is 4.65 Å². The summed E-state index contributed by atoms with van der Waals surface area (Å²) in [7, 11) is 0. The zero-order chi connectivity index (χ0) is 8.53. The Kier molecular flexibility index (Phi) is 8.14. The van der Waals surface area contributed by atoms with Crippen LogP contribution in [0.25, 0.3) is 0 Å². The minimum absolute atomic E-state index is 0.532. The van der Waals surface area contributed by atoms with Crippen LogP contribution in [0.2, 0.25) is 12.6 Å². The van der Waals surface area contributed by atoms with Crippen molar-refractivity contribution < 1.29 is 4.65 Å². The molecule has 0 fully saturated rings. The van der Waals surface area contributed by atoms with Crippen LogP contribution in [0.15, 0.2) is 0 Å². The molecule has 0 amide bonds. The number of hydrogen-bond acceptors (Lipinski definition) is 1. The third kappa shape index (κ3) is 6.42. The summed E-state index contributed by atoms with van der Waals surface area (Å²) in [6, 6.07) is 0. The Hall–Kier alpha value is 0.0249. The third-order valence-electron chi connectivity index (χ3n) is 1.78. The standard InChI is InChI=1S/C9H21BO/c1-4-7-10(8-5-2)11-9-6-3/h4-9H2,1-3H3. The molecule has 0 aliphatic rings. The monoisotopic (exact) mass is 156 g/mol. The first-order valence-corrected chi connectivity index (χ1v) is 4.96. The molecule has 0 aromatic carbocycles. The lowest BCUT2D eigenvalue weighted by Crippen LogP contribution is -2.17. The average molecular weight is 156 g/mol. The van der Waals surface area contributed by atoms with Crippen molar-refractivity contribution in [3.8, 4) is 0 Å². The van der Waals surface area contributed by atoms with Gasteiger partial charge in [0.2, 0.25) is 0 Å². The summed E-state index contributed by atoms with van der Waals surface area (Å²) in [5.41, 5.74) is 0. The highest BCUT2D eigenvalue weighted by molar-refractivity contribution is 6.51. The van der Waals surface area contributed by atoms with E-state index in [0.29, 0.717) is 6.92 Å². The van der Waals surface area contributed by atoms with Gasteiger partial charge in [0, 0.05) is 6.61 Å². The maximum atomic E-state index is 5.67. The summed E-state index contributed by atoms with van der Waals surface area (Å²) in [6.07, 6.45) is 6.09. The van der Waals surface area contributed by atoms with Gasteiger partial charge in [-0.15, -0.1) is 0 Å². The Labute approximate surface area is 71.6 Å². The van der Waals surface area contributed by atoms with Crippen molar-refractivity contribution in [2.45, 2.75) is 52.7 Å². The normalized spacial score (nSPS) is 10.1. The molecule has 0 bridgehead atoms. The lowest BCUT2D eigenvalue weighted by molar-refractivity contribution is 0.317. The molecule has 2 heteroatoms. The van der Waals surface area contributed by atoms with Gasteiger partial charge in [-0.1, -0.05) is 33.6 Å². The quantitative estimate of drug-likeness (QED) is 0.514. The molecule has 0 aromatic rings. The lowest BCUT2D eigenvalue weighted by atomic mass is 9.60. The van der Waals surface area contributed by atoms with Crippen molar-refractivity contribution in [2.24, 2.45) is 0 Å². The fourth-order valence-electron chi connectivity index (χ4n) is 1.24. The molecule has 0 aliphatic carbocycles. The highest BCUT2D eigenvalue weighted by Crippen LogP contribution is 2.07. The predicted octanol–water partition coefficient (Wildman–Crippen LogP) is 3.22. The first-order valence-electron chi connectivity index (χ1n) is 4.96. The van der Waals surface area contributed by atoms with Crippen LogP contribution < -0.4 is 0 Å². The molecule has 0 radical (unpaired) electrons. The highest BCUT2D eigenvalue weighted by atomic mass is 16.4. The third-order valence-corrected chi connectivity index (χ3v) is 1.78. The second kappa shape index (κ2) is 8.12. The van der Waals surface area contributed by atoms with Crippen LogP contribution in [0.4, 0.5) is 0 Å². The molecule has 0 N–H and O–H groups in total. The van der Waals surface area contributed by atoms with Crippen LogP contribution in [0.3, 0.4) is 0 Å². The molecule has 0 unspecified atom stereocenters. The van der Waals surface area contributed by atoms with Crippen LogP contribution in [-0.4, -0.2) is 13.5 Å². The minimum atomic E-state index is 0.532. The second-order valence-electron chi connectivity index (χ2n) is 3.07. The summed E-state index contributed by atoms with van der Waals surface area (Å²) in [5, 5.41) is 0. The molecular weight excluding hydrogens is 135 g/mol. The van der Waals surface area contributed by atoms with Crippen LogP contribution in [-0.2, 0) is 4.65 Å². The van der Waals surface area contributed by atoms with Gasteiger partial charge in [0.1, 0.15) is 0 Å². The second-order valence-corrected chi connectivity index (χ2v) is 3.07. The van der Waals surface area contributed by atoms with Gasteiger partial charge in [-0.05, 0) is 19.1 Å². The van der Waals surface area contributed by atoms with Gasteiger partial charge in [0.25, 0.3) is 6.92 Å². The predicted molar refractivity (Wildman–Crippen MR) is 52.2 cm³/mol. The smallest absolute Gasteiger partial charge is 0.293 e. The molecule has 0 saturated heterocycles. The minimum Gasteiger partial charge on any atom is -0.436 e. The van der Waals surface area contributed by atoms with E-state index >= 15 is 0 Å². The van der Waals surface area contributed by atoms with Crippen LogP contribution in [0.1, 0.15) is 40.0 Å². The first-order chi connectivity index (χ1) is 5.35. The molecule has 0 heterocycles. The van der Waals surface area contributed by atoms with Crippen molar-refractivity contribution >= 4 is 6.92 Å². The van der Waals surface area contributed by atoms with E-state index in [1.165, 1.54) is 25.5 Å². The van der Waals surface area contributed by atoms with E-state index in [2.05, 4.69) is 20.8 Å². The van der Waals surface area contributed by atoms with Gasteiger partial charge in [0.15, 0.2) is 0 Å². The summed E-state index contributed by atoms with van der Waals surface area (Å²) in [6.45, 7) is 8.07. The van der Waals surface area contributed by atoms with Gasteiger partial charge in [-0.2, -0.15) is 0 Å². The summed E-state index contributed by atoms with van der Waals surface area (Å²) in [5.74, 6) is 0. The van der Waals surface area contributed by atoms with Gasteiger partial charge in [0.05, 0.1) is 0 Å². The fraction of sp³-hybridized carbons (Fsp3) is 1.00.